The van der Waals surface area contributed by atoms with E-state index in [1.807, 2.05) is 4.90 Å². The normalized spacial score (nSPS) is 23.7. The highest BCUT2D eigenvalue weighted by Gasteiger charge is 2.26. The van der Waals surface area contributed by atoms with Crippen LogP contribution in [-0.4, -0.2) is 37.4 Å². The molecule has 0 amide bonds. The number of rotatable bonds is 4. The van der Waals surface area contributed by atoms with Gasteiger partial charge in [-0.25, -0.2) is 8.78 Å². The topological polar surface area (TPSA) is 35.5 Å². The quantitative estimate of drug-likeness (QED) is 0.875. The Hall–Kier alpha value is -1.20. The second kappa shape index (κ2) is 6.30. The van der Waals surface area contributed by atoms with Gasteiger partial charge >= 0.3 is 0 Å². The fourth-order valence-electron chi connectivity index (χ4n) is 2.70. The van der Waals surface area contributed by atoms with Gasteiger partial charge in [-0.1, -0.05) is 6.92 Å². The Bertz CT molecular complexity index is 428. The first-order valence-corrected chi connectivity index (χ1v) is 6.64. The highest BCUT2D eigenvalue weighted by Crippen LogP contribution is 2.26. The van der Waals surface area contributed by atoms with Gasteiger partial charge in [0.25, 0.3) is 0 Å². The first-order valence-electron chi connectivity index (χ1n) is 6.64. The van der Waals surface area contributed by atoms with E-state index in [0.717, 1.165) is 19.0 Å². The lowest BCUT2D eigenvalue weighted by Gasteiger charge is -2.38. The Morgan fingerprint density at radius 2 is 2.16 bits per heavy atom. The first-order chi connectivity index (χ1) is 9.10. The number of benzene rings is 1. The number of nitrogens with zero attached hydrogens (tertiary/aromatic N) is 1. The second-order valence-electron chi connectivity index (χ2n) is 5.22. The van der Waals surface area contributed by atoms with E-state index < -0.39 is 11.6 Å². The lowest BCUT2D eigenvalue weighted by atomic mass is 9.95. The summed E-state index contributed by atoms with van der Waals surface area (Å²) < 4.78 is 26.7. The van der Waals surface area contributed by atoms with E-state index in [0.29, 0.717) is 24.7 Å². The largest absolute Gasteiger partial charge is 0.395 e. The van der Waals surface area contributed by atoms with E-state index >= 15 is 0 Å². The molecule has 0 saturated carbocycles. The molecule has 106 valence electrons. The smallest absolute Gasteiger partial charge is 0.149 e. The van der Waals surface area contributed by atoms with Crippen LogP contribution in [0.3, 0.4) is 0 Å². The SMILES string of the molecule is CC1CC(NCCO)CN(c2ccc(F)cc2F)C1. The van der Waals surface area contributed by atoms with Crippen LogP contribution in [0.4, 0.5) is 14.5 Å². The van der Waals surface area contributed by atoms with Gasteiger partial charge in [0.15, 0.2) is 0 Å². The number of aliphatic hydroxyl groups excluding tert-OH is 1. The zero-order valence-corrected chi connectivity index (χ0v) is 11.1. The maximum Gasteiger partial charge on any atom is 0.149 e. The molecule has 0 aliphatic carbocycles. The second-order valence-corrected chi connectivity index (χ2v) is 5.22. The van der Waals surface area contributed by atoms with Gasteiger partial charge in [-0.2, -0.15) is 0 Å². The molecule has 2 rings (SSSR count). The zero-order valence-electron chi connectivity index (χ0n) is 11.1. The average Bonchev–Trinajstić information content (AvgIpc) is 2.35. The molecule has 1 fully saturated rings. The maximum absolute atomic E-state index is 13.8. The summed E-state index contributed by atoms with van der Waals surface area (Å²) in [5, 5.41) is 12.1. The molecule has 0 radical (unpaired) electrons. The van der Waals surface area contributed by atoms with Crippen LogP contribution in [0.2, 0.25) is 0 Å². The molecule has 2 atom stereocenters. The van der Waals surface area contributed by atoms with Crippen molar-refractivity contribution in [2.75, 3.05) is 31.1 Å². The van der Waals surface area contributed by atoms with Crippen molar-refractivity contribution in [3.63, 3.8) is 0 Å². The van der Waals surface area contributed by atoms with Crippen molar-refractivity contribution >= 4 is 5.69 Å². The molecule has 0 bridgehead atoms. The van der Waals surface area contributed by atoms with Gasteiger partial charge in [-0.3, -0.25) is 0 Å². The lowest BCUT2D eigenvalue weighted by Crippen LogP contribution is -2.49. The van der Waals surface area contributed by atoms with Crippen LogP contribution >= 0.6 is 0 Å². The number of hydrogen-bond donors (Lipinski definition) is 2. The average molecular weight is 270 g/mol. The number of aliphatic hydroxyl groups is 1. The summed E-state index contributed by atoms with van der Waals surface area (Å²) in [6.07, 6.45) is 0.999. The minimum absolute atomic E-state index is 0.0930. The van der Waals surface area contributed by atoms with Crippen LogP contribution in [0.25, 0.3) is 0 Å². The van der Waals surface area contributed by atoms with Gasteiger partial charge in [0.1, 0.15) is 11.6 Å². The van der Waals surface area contributed by atoms with Gasteiger partial charge in [0, 0.05) is 31.7 Å². The van der Waals surface area contributed by atoms with Crippen LogP contribution in [0.15, 0.2) is 18.2 Å². The van der Waals surface area contributed by atoms with Crippen LogP contribution in [-0.2, 0) is 0 Å². The molecule has 3 nitrogen and oxygen atoms in total. The van der Waals surface area contributed by atoms with Gasteiger partial charge in [0.2, 0.25) is 0 Å². The highest BCUT2D eigenvalue weighted by molar-refractivity contribution is 5.48. The Morgan fingerprint density at radius 3 is 2.84 bits per heavy atom. The molecule has 1 aliphatic rings. The van der Waals surface area contributed by atoms with Gasteiger partial charge in [-0.05, 0) is 24.5 Å². The molecule has 5 heteroatoms. The predicted molar refractivity (Wildman–Crippen MR) is 71.2 cm³/mol. The molecule has 1 aromatic rings. The van der Waals surface area contributed by atoms with E-state index in [9.17, 15) is 8.78 Å². The predicted octanol–water partition coefficient (Wildman–Crippen LogP) is 1.76. The Morgan fingerprint density at radius 1 is 1.37 bits per heavy atom. The van der Waals surface area contributed by atoms with Crippen LogP contribution < -0.4 is 10.2 Å². The standard InChI is InChI=1S/C14H20F2N2O/c1-10-6-12(17-4-5-19)9-18(8-10)14-3-2-11(15)7-13(14)16/h2-3,7,10,12,17,19H,4-6,8-9H2,1H3. The number of halogens is 2. The number of hydrogen-bond acceptors (Lipinski definition) is 3. The van der Waals surface area contributed by atoms with Crippen molar-refractivity contribution in [1.29, 1.82) is 0 Å². The Balaban J connectivity index is 2.10. The van der Waals surface area contributed by atoms with Crippen molar-refractivity contribution < 1.29 is 13.9 Å². The molecule has 0 spiro atoms. The fraction of sp³-hybridized carbons (Fsp3) is 0.571. The van der Waals surface area contributed by atoms with Crippen molar-refractivity contribution in [3.05, 3.63) is 29.8 Å². The van der Waals surface area contributed by atoms with Crippen LogP contribution in [0, 0.1) is 17.6 Å². The molecular formula is C14H20F2N2O. The summed E-state index contributed by atoms with van der Waals surface area (Å²) >= 11 is 0. The number of piperidine rings is 1. The molecule has 2 N–H and O–H groups in total. The van der Waals surface area contributed by atoms with E-state index in [4.69, 9.17) is 5.11 Å². The van der Waals surface area contributed by atoms with Crippen molar-refractivity contribution in [2.45, 2.75) is 19.4 Å². The number of anilines is 1. The minimum atomic E-state index is -0.554. The summed E-state index contributed by atoms with van der Waals surface area (Å²) in [6, 6.07) is 3.92. The third-order valence-electron chi connectivity index (χ3n) is 3.45. The Kier molecular flexibility index (Phi) is 4.71. The molecule has 0 aromatic heterocycles. The van der Waals surface area contributed by atoms with Crippen molar-refractivity contribution in [2.24, 2.45) is 5.92 Å². The molecule has 2 unspecified atom stereocenters. The molecule has 1 saturated heterocycles. The number of nitrogens with one attached hydrogen (secondary N) is 1. The van der Waals surface area contributed by atoms with Gasteiger partial charge in [0.05, 0.1) is 12.3 Å². The van der Waals surface area contributed by atoms with E-state index in [2.05, 4.69) is 12.2 Å². The minimum Gasteiger partial charge on any atom is -0.395 e. The van der Waals surface area contributed by atoms with Crippen LogP contribution in [0.1, 0.15) is 13.3 Å². The summed E-state index contributed by atoms with van der Waals surface area (Å²) in [5.74, 6) is -0.648. The maximum atomic E-state index is 13.8. The van der Waals surface area contributed by atoms with E-state index in [-0.39, 0.29) is 12.6 Å². The first kappa shape index (κ1) is 14.2. The molecular weight excluding hydrogens is 250 g/mol. The fourth-order valence-corrected chi connectivity index (χ4v) is 2.70. The van der Waals surface area contributed by atoms with E-state index in [1.165, 1.54) is 12.1 Å². The zero-order chi connectivity index (χ0) is 13.8. The molecule has 1 aromatic carbocycles. The summed E-state index contributed by atoms with van der Waals surface area (Å²) in [5.41, 5.74) is 0.448. The van der Waals surface area contributed by atoms with Gasteiger partial charge < -0.3 is 15.3 Å². The van der Waals surface area contributed by atoms with Crippen LogP contribution in [0.5, 0.6) is 0 Å². The van der Waals surface area contributed by atoms with Crippen molar-refractivity contribution in [1.82, 2.24) is 5.32 Å². The molecule has 1 heterocycles. The summed E-state index contributed by atoms with van der Waals surface area (Å²) in [4.78, 5) is 1.94. The monoisotopic (exact) mass is 270 g/mol. The lowest BCUT2D eigenvalue weighted by molar-refractivity contribution is 0.269. The summed E-state index contributed by atoms with van der Waals surface area (Å²) in [7, 11) is 0. The molecule has 19 heavy (non-hydrogen) atoms. The summed E-state index contributed by atoms with van der Waals surface area (Å²) in [6.45, 7) is 4.18. The highest BCUT2D eigenvalue weighted by atomic mass is 19.1. The van der Waals surface area contributed by atoms with Crippen molar-refractivity contribution in [3.8, 4) is 0 Å². The third-order valence-corrected chi connectivity index (χ3v) is 3.45. The Labute approximate surface area is 112 Å². The molecule has 1 aliphatic heterocycles. The van der Waals surface area contributed by atoms with E-state index in [1.54, 1.807) is 0 Å². The van der Waals surface area contributed by atoms with Gasteiger partial charge in [-0.15, -0.1) is 0 Å². The third kappa shape index (κ3) is 3.64.